The summed E-state index contributed by atoms with van der Waals surface area (Å²) < 4.78 is 1.93. The molecular formula is C16H29N5OS. The van der Waals surface area contributed by atoms with Crippen LogP contribution in [0, 0.1) is 13.8 Å². The van der Waals surface area contributed by atoms with Gasteiger partial charge < -0.3 is 15.7 Å². The summed E-state index contributed by atoms with van der Waals surface area (Å²) in [6, 6.07) is 0.232. The lowest BCUT2D eigenvalue weighted by molar-refractivity contribution is 0.0724. The summed E-state index contributed by atoms with van der Waals surface area (Å²) in [4.78, 5) is 4.27. The zero-order valence-corrected chi connectivity index (χ0v) is 15.6. The van der Waals surface area contributed by atoms with Crippen LogP contribution in [0.5, 0.6) is 0 Å². The molecule has 1 aliphatic rings. The quantitative estimate of drug-likeness (QED) is 0.551. The van der Waals surface area contributed by atoms with Crippen molar-refractivity contribution in [2.24, 2.45) is 12.0 Å². The molecule has 0 aromatic carbocycles. The van der Waals surface area contributed by atoms with Crippen LogP contribution in [0.3, 0.4) is 0 Å². The summed E-state index contributed by atoms with van der Waals surface area (Å²) in [6.07, 6.45) is 1.73. The molecule has 0 bridgehead atoms. The topological polar surface area (TPSA) is 74.5 Å². The summed E-state index contributed by atoms with van der Waals surface area (Å²) in [7, 11) is 3.74. The Labute approximate surface area is 143 Å². The second-order valence-electron chi connectivity index (χ2n) is 6.48. The van der Waals surface area contributed by atoms with Crippen LogP contribution in [0.4, 0.5) is 0 Å². The number of thioether (sulfide) groups is 1. The number of hydrogen-bond acceptors (Lipinski definition) is 4. The predicted molar refractivity (Wildman–Crippen MR) is 97.2 cm³/mol. The molecule has 2 rings (SSSR count). The van der Waals surface area contributed by atoms with E-state index in [4.69, 9.17) is 0 Å². The first kappa shape index (κ1) is 18.1. The number of rotatable bonds is 5. The van der Waals surface area contributed by atoms with E-state index in [9.17, 15) is 5.11 Å². The van der Waals surface area contributed by atoms with Crippen LogP contribution in [0.25, 0.3) is 0 Å². The smallest absolute Gasteiger partial charge is 0.191 e. The fraction of sp³-hybridized carbons (Fsp3) is 0.750. The molecule has 1 aromatic rings. The molecule has 0 radical (unpaired) electrons. The zero-order valence-electron chi connectivity index (χ0n) is 14.8. The summed E-state index contributed by atoms with van der Waals surface area (Å²) in [5.41, 5.74) is 2.96. The Morgan fingerprint density at radius 1 is 1.52 bits per heavy atom. The van der Waals surface area contributed by atoms with Crippen LogP contribution in [-0.2, 0) is 13.5 Å². The van der Waals surface area contributed by atoms with E-state index >= 15 is 0 Å². The predicted octanol–water partition coefficient (Wildman–Crippen LogP) is 1.00. The Morgan fingerprint density at radius 3 is 2.78 bits per heavy atom. The number of guanidine groups is 1. The molecule has 1 aliphatic heterocycles. The lowest BCUT2D eigenvalue weighted by Gasteiger charge is -2.24. The van der Waals surface area contributed by atoms with Crippen molar-refractivity contribution < 1.29 is 5.11 Å². The van der Waals surface area contributed by atoms with Crippen molar-refractivity contribution in [3.05, 3.63) is 17.0 Å². The highest BCUT2D eigenvalue weighted by atomic mass is 32.2. The Hall–Kier alpha value is -1.21. The van der Waals surface area contributed by atoms with E-state index in [1.165, 1.54) is 11.3 Å². The largest absolute Gasteiger partial charge is 0.387 e. The second kappa shape index (κ2) is 7.57. The highest BCUT2D eigenvalue weighted by molar-refractivity contribution is 7.99. The normalized spacial score (nSPS) is 23.1. The molecule has 2 unspecified atom stereocenters. The van der Waals surface area contributed by atoms with Gasteiger partial charge in [-0.1, -0.05) is 0 Å². The first-order valence-electron chi connectivity index (χ1n) is 8.11. The Bertz CT molecular complexity index is 563. The van der Waals surface area contributed by atoms with E-state index in [0.29, 0.717) is 6.54 Å². The molecule has 0 amide bonds. The first-order chi connectivity index (χ1) is 10.8. The van der Waals surface area contributed by atoms with E-state index in [1.54, 1.807) is 18.8 Å². The first-order valence-corrected chi connectivity index (χ1v) is 9.26. The van der Waals surface area contributed by atoms with Gasteiger partial charge in [-0.25, -0.2) is 0 Å². The summed E-state index contributed by atoms with van der Waals surface area (Å²) in [5.74, 6) is 2.56. The fourth-order valence-electron chi connectivity index (χ4n) is 2.88. The fourth-order valence-corrected chi connectivity index (χ4v) is 4.18. The summed E-state index contributed by atoms with van der Waals surface area (Å²) in [6.45, 7) is 6.83. The van der Waals surface area contributed by atoms with Gasteiger partial charge in [0.2, 0.25) is 0 Å². The number of aliphatic hydroxyl groups is 1. The lowest BCUT2D eigenvalue weighted by Crippen LogP contribution is -2.49. The maximum atomic E-state index is 10.4. The Balaban J connectivity index is 1.88. The second-order valence-corrected chi connectivity index (χ2v) is 7.58. The molecule has 2 atom stereocenters. The van der Waals surface area contributed by atoms with Crippen LogP contribution in [0.15, 0.2) is 4.99 Å². The van der Waals surface area contributed by atoms with Gasteiger partial charge in [0.1, 0.15) is 0 Å². The summed E-state index contributed by atoms with van der Waals surface area (Å²) >= 11 is 1.80. The van der Waals surface area contributed by atoms with Crippen LogP contribution < -0.4 is 10.6 Å². The van der Waals surface area contributed by atoms with E-state index in [2.05, 4.69) is 41.5 Å². The molecule has 130 valence electrons. The van der Waals surface area contributed by atoms with Crippen LogP contribution in [0.2, 0.25) is 0 Å². The van der Waals surface area contributed by atoms with Crippen molar-refractivity contribution in [3.63, 3.8) is 0 Å². The molecule has 2 heterocycles. The van der Waals surface area contributed by atoms with E-state index < -0.39 is 5.60 Å². The van der Waals surface area contributed by atoms with Gasteiger partial charge in [-0.05, 0) is 44.9 Å². The van der Waals surface area contributed by atoms with Crippen LogP contribution >= 0.6 is 11.8 Å². The molecule has 1 saturated heterocycles. The van der Waals surface area contributed by atoms with Crippen molar-refractivity contribution in [2.45, 2.75) is 45.3 Å². The monoisotopic (exact) mass is 339 g/mol. The molecule has 0 aliphatic carbocycles. The average Bonchev–Trinajstić information content (AvgIpc) is 3.03. The number of aryl methyl sites for hydroxylation is 2. The van der Waals surface area contributed by atoms with Crippen molar-refractivity contribution in [3.8, 4) is 0 Å². The minimum absolute atomic E-state index is 0.232. The van der Waals surface area contributed by atoms with Gasteiger partial charge in [0.05, 0.1) is 11.3 Å². The lowest BCUT2D eigenvalue weighted by atomic mass is 10.0. The van der Waals surface area contributed by atoms with Gasteiger partial charge in [-0.3, -0.25) is 9.67 Å². The highest BCUT2D eigenvalue weighted by Gasteiger charge is 2.31. The van der Waals surface area contributed by atoms with Crippen molar-refractivity contribution >= 4 is 17.7 Å². The van der Waals surface area contributed by atoms with Gasteiger partial charge in [0, 0.05) is 38.1 Å². The molecule has 7 heteroatoms. The third kappa shape index (κ3) is 4.64. The molecule has 3 N–H and O–H groups in total. The minimum atomic E-state index is -0.609. The number of aromatic nitrogens is 2. The van der Waals surface area contributed by atoms with Crippen LogP contribution in [-0.4, -0.2) is 57.6 Å². The third-order valence-corrected chi connectivity index (χ3v) is 5.68. The molecule has 1 aromatic heterocycles. The Morgan fingerprint density at radius 2 is 2.26 bits per heavy atom. The van der Waals surface area contributed by atoms with Crippen molar-refractivity contribution in [1.29, 1.82) is 0 Å². The van der Waals surface area contributed by atoms with E-state index in [-0.39, 0.29) is 6.04 Å². The van der Waals surface area contributed by atoms with Crippen LogP contribution in [0.1, 0.15) is 30.3 Å². The number of aliphatic imine (C=N–C) groups is 1. The summed E-state index contributed by atoms with van der Waals surface area (Å²) in [5, 5.41) is 21.5. The number of nitrogens with one attached hydrogen (secondary N) is 2. The zero-order chi connectivity index (χ0) is 17.0. The molecule has 0 spiro atoms. The molecule has 1 fully saturated rings. The minimum Gasteiger partial charge on any atom is -0.387 e. The molecule has 0 saturated carbocycles. The average molecular weight is 340 g/mol. The molecule has 6 nitrogen and oxygen atoms in total. The molecular weight excluding hydrogens is 310 g/mol. The van der Waals surface area contributed by atoms with Crippen molar-refractivity contribution in [2.75, 3.05) is 25.1 Å². The van der Waals surface area contributed by atoms with Gasteiger partial charge in [0.25, 0.3) is 0 Å². The molecule has 23 heavy (non-hydrogen) atoms. The maximum Gasteiger partial charge on any atom is 0.191 e. The maximum absolute atomic E-state index is 10.4. The standard InChI is InChI=1S/C16H29N5OS/c1-11(8-14-12(2)20-21(5)13(14)3)19-15(17-4)18-9-16(22)6-7-23-10-16/h11,22H,6-10H2,1-5H3,(H2,17,18,19). The van der Waals surface area contributed by atoms with Gasteiger partial charge >= 0.3 is 0 Å². The third-order valence-electron chi connectivity index (χ3n) is 4.44. The van der Waals surface area contributed by atoms with E-state index in [0.717, 1.165) is 36.0 Å². The number of nitrogens with zero attached hydrogens (tertiary/aromatic N) is 3. The van der Waals surface area contributed by atoms with Crippen molar-refractivity contribution in [1.82, 2.24) is 20.4 Å². The van der Waals surface area contributed by atoms with E-state index in [1.807, 2.05) is 11.7 Å². The van der Waals surface area contributed by atoms with Gasteiger partial charge in [-0.15, -0.1) is 0 Å². The highest BCUT2D eigenvalue weighted by Crippen LogP contribution is 2.26. The van der Waals surface area contributed by atoms with Gasteiger partial charge in [0.15, 0.2) is 5.96 Å². The SMILES string of the molecule is CN=C(NCC1(O)CCSC1)NC(C)Cc1c(C)nn(C)c1C. The van der Waals surface area contributed by atoms with Gasteiger partial charge in [-0.2, -0.15) is 16.9 Å². The number of hydrogen-bond donors (Lipinski definition) is 3. The Kier molecular flexibility index (Phi) is 5.97.